The Kier molecular flexibility index (Phi) is 5.38. The van der Waals surface area contributed by atoms with Gasteiger partial charge in [-0.25, -0.2) is 9.59 Å². The van der Waals surface area contributed by atoms with Crippen LogP contribution in [0.3, 0.4) is 0 Å². The Labute approximate surface area is 151 Å². The fourth-order valence-corrected chi connectivity index (χ4v) is 2.53. The molecule has 2 heterocycles. The minimum Gasteiger partial charge on any atom is -0.486 e. The van der Waals surface area contributed by atoms with Crippen molar-refractivity contribution < 1.29 is 28.5 Å². The third-order valence-electron chi connectivity index (χ3n) is 3.91. The highest BCUT2D eigenvalue weighted by Gasteiger charge is 2.27. The van der Waals surface area contributed by atoms with Gasteiger partial charge in [0.25, 0.3) is 0 Å². The maximum absolute atomic E-state index is 12.4. The van der Waals surface area contributed by atoms with Crippen molar-refractivity contribution in [1.29, 1.82) is 0 Å². The lowest BCUT2D eigenvalue weighted by atomic mass is 10.1. The van der Waals surface area contributed by atoms with Crippen LogP contribution in [0.1, 0.15) is 0 Å². The molecule has 1 aromatic carbocycles. The first-order valence-electron chi connectivity index (χ1n) is 8.03. The molecule has 0 amide bonds. The topological polar surface area (TPSA) is 74.3 Å². The Morgan fingerprint density at radius 3 is 2.31 bits per heavy atom. The lowest BCUT2D eigenvalue weighted by Gasteiger charge is -2.27. The van der Waals surface area contributed by atoms with Gasteiger partial charge in [-0.05, 0) is 36.4 Å². The van der Waals surface area contributed by atoms with E-state index in [2.05, 4.69) is 0 Å². The van der Waals surface area contributed by atoms with Crippen molar-refractivity contribution in [2.45, 2.75) is 6.10 Å². The number of carbonyl (C=O) groups is 2. The second kappa shape index (κ2) is 7.88. The van der Waals surface area contributed by atoms with Crippen molar-refractivity contribution in [3.63, 3.8) is 0 Å². The summed E-state index contributed by atoms with van der Waals surface area (Å²) in [6.07, 6.45) is 6.63. The molecule has 0 N–H and O–H groups in total. The number of allylic oxidation sites excluding steroid dienone is 2. The molecule has 0 unspecified atom stereocenters. The molecule has 3 rings (SSSR count). The van der Waals surface area contributed by atoms with Crippen molar-refractivity contribution in [2.24, 2.45) is 0 Å². The first kappa shape index (κ1) is 17.8. The summed E-state index contributed by atoms with van der Waals surface area (Å²) in [7, 11) is 2.52. The first-order valence-corrected chi connectivity index (χ1v) is 8.03. The zero-order chi connectivity index (χ0) is 18.5. The van der Waals surface area contributed by atoms with Crippen LogP contribution in [0.4, 0.5) is 5.69 Å². The highest BCUT2D eigenvalue weighted by atomic mass is 16.6. The number of ether oxygens (including phenoxy) is 4. The van der Waals surface area contributed by atoms with Crippen LogP contribution in [0, 0.1) is 0 Å². The highest BCUT2D eigenvalue weighted by molar-refractivity contribution is 6.05. The molecule has 0 aromatic heterocycles. The Hall–Kier alpha value is -3.06. The third kappa shape index (κ3) is 3.62. The van der Waals surface area contributed by atoms with E-state index in [-0.39, 0.29) is 17.4 Å². The largest absolute Gasteiger partial charge is 0.486 e. The summed E-state index contributed by atoms with van der Waals surface area (Å²) in [6, 6.07) is 7.18. The standard InChI is InChI=1S/C19H19NO6/c1-23-18(21)16-5-3-4-10-20(17(16)19(22)24-2)13-6-8-14(9-7-13)26-15-11-25-12-15/h3-10,15H,11-12H2,1-2H3. The highest BCUT2D eigenvalue weighted by Crippen LogP contribution is 2.28. The summed E-state index contributed by atoms with van der Waals surface area (Å²) in [5.41, 5.74) is 0.852. The molecule has 7 heteroatoms. The van der Waals surface area contributed by atoms with Gasteiger partial charge in [0, 0.05) is 11.9 Å². The fraction of sp³-hybridized carbons (Fsp3) is 0.263. The summed E-state index contributed by atoms with van der Waals surface area (Å²) in [6.45, 7) is 1.17. The second-order valence-electron chi connectivity index (χ2n) is 5.59. The van der Waals surface area contributed by atoms with E-state index in [1.165, 1.54) is 20.3 Å². The summed E-state index contributed by atoms with van der Waals surface area (Å²) in [4.78, 5) is 26.1. The number of hydrogen-bond donors (Lipinski definition) is 0. The Bertz CT molecular complexity index is 774. The van der Waals surface area contributed by atoms with Gasteiger partial charge in [-0.15, -0.1) is 0 Å². The van der Waals surface area contributed by atoms with Crippen LogP contribution < -0.4 is 9.64 Å². The van der Waals surface area contributed by atoms with Crippen molar-refractivity contribution in [3.8, 4) is 5.75 Å². The Morgan fingerprint density at radius 2 is 1.73 bits per heavy atom. The van der Waals surface area contributed by atoms with Gasteiger partial charge >= 0.3 is 11.9 Å². The van der Waals surface area contributed by atoms with Crippen LogP contribution in [0.15, 0.2) is 60.0 Å². The van der Waals surface area contributed by atoms with Gasteiger partial charge in [0.15, 0.2) is 0 Å². The van der Waals surface area contributed by atoms with Gasteiger partial charge in [-0.3, -0.25) is 0 Å². The van der Waals surface area contributed by atoms with E-state index in [0.717, 1.165) is 0 Å². The molecule has 0 aliphatic carbocycles. The molecule has 2 aliphatic rings. The summed E-state index contributed by atoms with van der Waals surface area (Å²) >= 11 is 0. The van der Waals surface area contributed by atoms with E-state index < -0.39 is 11.9 Å². The number of methoxy groups -OCH3 is 2. The molecule has 0 radical (unpaired) electrons. The van der Waals surface area contributed by atoms with Crippen LogP contribution in [0.2, 0.25) is 0 Å². The van der Waals surface area contributed by atoms with Crippen LogP contribution >= 0.6 is 0 Å². The molecule has 2 aliphatic heterocycles. The number of anilines is 1. The average molecular weight is 357 g/mol. The summed E-state index contributed by atoms with van der Waals surface area (Å²) in [5, 5.41) is 0. The molecule has 7 nitrogen and oxygen atoms in total. The van der Waals surface area contributed by atoms with Crippen LogP contribution in [0.5, 0.6) is 5.75 Å². The number of rotatable bonds is 5. The SMILES string of the molecule is COC(=O)C1=C(C(=O)OC)N(c2ccc(OC3COC3)cc2)C=CC=C1. The van der Waals surface area contributed by atoms with Gasteiger partial charge in [0.1, 0.15) is 17.6 Å². The smallest absolute Gasteiger partial charge is 0.355 e. The predicted octanol–water partition coefficient (Wildman–Crippen LogP) is 1.95. The minimum atomic E-state index is -0.645. The molecule has 0 atom stereocenters. The molecule has 1 saturated heterocycles. The molecule has 0 bridgehead atoms. The molecule has 1 aromatic rings. The zero-order valence-corrected chi connectivity index (χ0v) is 14.5. The predicted molar refractivity (Wildman–Crippen MR) is 93.5 cm³/mol. The van der Waals surface area contributed by atoms with E-state index in [1.54, 1.807) is 47.5 Å². The van der Waals surface area contributed by atoms with Crippen molar-refractivity contribution in [3.05, 3.63) is 60.0 Å². The zero-order valence-electron chi connectivity index (χ0n) is 14.5. The number of benzene rings is 1. The van der Waals surface area contributed by atoms with Crippen LogP contribution in [-0.2, 0) is 23.8 Å². The normalized spacial score (nSPS) is 16.8. The average Bonchev–Trinajstić information content (AvgIpc) is 2.87. The van der Waals surface area contributed by atoms with Gasteiger partial charge in [0.2, 0.25) is 0 Å². The number of carbonyl (C=O) groups excluding carboxylic acids is 2. The maximum Gasteiger partial charge on any atom is 0.355 e. The van der Waals surface area contributed by atoms with Crippen molar-refractivity contribution in [1.82, 2.24) is 0 Å². The van der Waals surface area contributed by atoms with E-state index >= 15 is 0 Å². The summed E-state index contributed by atoms with van der Waals surface area (Å²) in [5.74, 6) is -0.565. The molecular formula is C19H19NO6. The van der Waals surface area contributed by atoms with Gasteiger partial charge in [0.05, 0.1) is 33.0 Å². The lowest BCUT2D eigenvalue weighted by molar-refractivity contribution is -0.139. The third-order valence-corrected chi connectivity index (χ3v) is 3.91. The van der Waals surface area contributed by atoms with Crippen LogP contribution in [-0.4, -0.2) is 45.5 Å². The first-order chi connectivity index (χ1) is 12.6. The monoisotopic (exact) mass is 357 g/mol. The Balaban J connectivity index is 1.94. The number of nitrogens with zero attached hydrogens (tertiary/aromatic N) is 1. The molecule has 136 valence electrons. The maximum atomic E-state index is 12.4. The Morgan fingerprint density at radius 1 is 1.04 bits per heavy atom. The van der Waals surface area contributed by atoms with Crippen molar-refractivity contribution >= 4 is 17.6 Å². The molecular weight excluding hydrogens is 338 g/mol. The van der Waals surface area contributed by atoms with E-state index in [0.29, 0.717) is 24.7 Å². The lowest BCUT2D eigenvalue weighted by Crippen LogP contribution is -2.38. The number of hydrogen-bond acceptors (Lipinski definition) is 7. The summed E-state index contributed by atoms with van der Waals surface area (Å²) < 4.78 is 20.5. The molecule has 26 heavy (non-hydrogen) atoms. The van der Waals surface area contributed by atoms with E-state index in [9.17, 15) is 9.59 Å². The van der Waals surface area contributed by atoms with Crippen molar-refractivity contribution in [2.75, 3.05) is 32.3 Å². The molecule has 0 spiro atoms. The molecule has 1 fully saturated rings. The van der Waals surface area contributed by atoms with Gasteiger partial charge in [-0.1, -0.05) is 6.08 Å². The van der Waals surface area contributed by atoms with E-state index in [4.69, 9.17) is 18.9 Å². The van der Waals surface area contributed by atoms with Gasteiger partial charge in [-0.2, -0.15) is 0 Å². The number of esters is 2. The quantitative estimate of drug-likeness (QED) is 0.746. The molecule has 0 saturated carbocycles. The minimum absolute atomic E-state index is 0.0691. The van der Waals surface area contributed by atoms with E-state index in [1.807, 2.05) is 0 Å². The fourth-order valence-electron chi connectivity index (χ4n) is 2.53. The van der Waals surface area contributed by atoms with Crippen LogP contribution in [0.25, 0.3) is 0 Å². The van der Waals surface area contributed by atoms with Gasteiger partial charge < -0.3 is 23.8 Å². The second-order valence-corrected chi connectivity index (χ2v) is 5.59.